The lowest BCUT2D eigenvalue weighted by Gasteiger charge is -2.33. The highest BCUT2D eigenvalue weighted by molar-refractivity contribution is 14.1. The van der Waals surface area contributed by atoms with Crippen molar-refractivity contribution >= 4 is 28.6 Å². The molecule has 0 aliphatic rings. The van der Waals surface area contributed by atoms with Gasteiger partial charge in [-0.25, -0.2) is 4.79 Å². The van der Waals surface area contributed by atoms with E-state index >= 15 is 0 Å². The predicted molar refractivity (Wildman–Crippen MR) is 72.5 cm³/mol. The summed E-state index contributed by atoms with van der Waals surface area (Å²) >= 11 is 1.57. The van der Waals surface area contributed by atoms with E-state index in [9.17, 15) is 44.3 Å². The van der Waals surface area contributed by atoms with Gasteiger partial charge in [0.1, 0.15) is 11.3 Å². The van der Waals surface area contributed by atoms with Crippen molar-refractivity contribution in [2.24, 2.45) is 0 Å². The molecule has 1 aromatic carbocycles. The third kappa shape index (κ3) is 4.06. The first-order chi connectivity index (χ1) is 11.0. The highest BCUT2D eigenvalue weighted by atomic mass is 127. The van der Waals surface area contributed by atoms with E-state index in [0.29, 0.717) is 0 Å². The van der Waals surface area contributed by atoms with Crippen LogP contribution in [0.4, 0.5) is 39.5 Å². The topological polar surface area (TPSA) is 46.5 Å². The molecule has 0 bridgehead atoms. The molecule has 1 N–H and O–H groups in total. The number of rotatable bonds is 6. The Morgan fingerprint density at radius 3 is 1.96 bits per heavy atom. The van der Waals surface area contributed by atoms with Gasteiger partial charge in [-0.3, -0.25) is 0 Å². The van der Waals surface area contributed by atoms with Crippen molar-refractivity contribution in [3.8, 4) is 5.75 Å². The Morgan fingerprint density at radius 1 is 1.00 bits per heavy atom. The molecule has 0 aromatic heterocycles. The third-order valence-electron chi connectivity index (χ3n) is 2.79. The van der Waals surface area contributed by atoms with Crippen molar-refractivity contribution in [1.82, 2.24) is 0 Å². The largest absolute Gasteiger partial charge is 0.486 e. The third-order valence-corrected chi connectivity index (χ3v) is 3.46. The maximum atomic E-state index is 13.3. The zero-order valence-corrected chi connectivity index (χ0v) is 13.6. The van der Waals surface area contributed by atoms with Gasteiger partial charge in [-0.05, 0) is 40.8 Å². The van der Waals surface area contributed by atoms with Gasteiger partial charge < -0.3 is 9.84 Å². The first-order valence-electron chi connectivity index (χ1n) is 5.90. The van der Waals surface area contributed by atoms with E-state index in [4.69, 9.17) is 5.11 Å². The van der Waals surface area contributed by atoms with E-state index in [-0.39, 0.29) is 3.57 Å². The summed E-state index contributed by atoms with van der Waals surface area (Å²) in [6.45, 7) is -2.61. The van der Waals surface area contributed by atoms with Crippen molar-refractivity contribution in [3.05, 3.63) is 27.3 Å². The molecule has 0 amide bonds. The molecule has 0 saturated carbocycles. The summed E-state index contributed by atoms with van der Waals surface area (Å²) in [6, 6.07) is 2.83. The number of ether oxygens (including phenoxy) is 1. The van der Waals surface area contributed by atoms with E-state index in [1.165, 1.54) is 6.07 Å². The van der Waals surface area contributed by atoms with Crippen LogP contribution < -0.4 is 4.74 Å². The number of benzene rings is 1. The van der Waals surface area contributed by atoms with Gasteiger partial charge in [0.2, 0.25) is 0 Å². The summed E-state index contributed by atoms with van der Waals surface area (Å²) < 4.78 is 118. The molecular weight excluding hydrogens is 490 g/mol. The van der Waals surface area contributed by atoms with Gasteiger partial charge in [0.25, 0.3) is 0 Å². The molecular formula is C12H6F9IO3. The van der Waals surface area contributed by atoms with Gasteiger partial charge in [0, 0.05) is 3.57 Å². The number of carbonyl (C=O) groups is 1. The number of carboxylic acids is 1. The Bertz CT molecular complexity index is 658. The van der Waals surface area contributed by atoms with Crippen molar-refractivity contribution in [1.29, 1.82) is 0 Å². The average molecular weight is 496 g/mol. The number of halogens is 10. The summed E-state index contributed by atoms with van der Waals surface area (Å²) in [5.41, 5.74) is -0.776. The van der Waals surface area contributed by atoms with Crippen LogP contribution in [0.1, 0.15) is 10.4 Å². The Kier molecular flexibility index (Phi) is 5.81. The van der Waals surface area contributed by atoms with E-state index in [0.717, 1.165) is 12.1 Å². The van der Waals surface area contributed by atoms with Crippen molar-refractivity contribution in [2.45, 2.75) is 23.9 Å². The van der Waals surface area contributed by atoms with E-state index in [2.05, 4.69) is 4.74 Å². The molecule has 0 atom stereocenters. The van der Waals surface area contributed by atoms with Crippen LogP contribution in [0.15, 0.2) is 18.2 Å². The molecule has 0 aliphatic heterocycles. The maximum absolute atomic E-state index is 13.3. The Morgan fingerprint density at radius 2 is 1.52 bits per heavy atom. The normalized spacial score (nSPS) is 13.7. The highest BCUT2D eigenvalue weighted by Gasteiger charge is 2.81. The number of aromatic carboxylic acids is 1. The van der Waals surface area contributed by atoms with Gasteiger partial charge >= 0.3 is 29.9 Å². The van der Waals surface area contributed by atoms with Crippen LogP contribution in [-0.2, 0) is 0 Å². The van der Waals surface area contributed by atoms with Crippen molar-refractivity contribution in [2.75, 3.05) is 6.61 Å². The fourth-order valence-electron chi connectivity index (χ4n) is 1.46. The van der Waals surface area contributed by atoms with E-state index in [1.54, 1.807) is 22.6 Å². The molecule has 0 fully saturated rings. The monoisotopic (exact) mass is 496 g/mol. The summed E-state index contributed by atoms with van der Waals surface area (Å²) in [6.07, 6.45) is -6.94. The van der Waals surface area contributed by atoms with Crippen LogP contribution in [0.2, 0.25) is 0 Å². The van der Waals surface area contributed by atoms with Crippen LogP contribution in [0, 0.1) is 3.57 Å². The minimum Gasteiger partial charge on any atom is -0.486 e. The second kappa shape index (κ2) is 6.72. The lowest BCUT2D eigenvalue weighted by molar-refractivity contribution is -0.398. The maximum Gasteiger partial charge on any atom is 0.460 e. The molecule has 142 valence electrons. The van der Waals surface area contributed by atoms with Crippen LogP contribution >= 0.6 is 22.6 Å². The second-order valence-electron chi connectivity index (χ2n) is 4.59. The summed E-state index contributed by atoms with van der Waals surface area (Å²) in [5, 5.41) is 8.79. The van der Waals surface area contributed by atoms with Crippen LogP contribution in [0.5, 0.6) is 5.75 Å². The molecule has 0 heterocycles. The smallest absolute Gasteiger partial charge is 0.460 e. The number of alkyl halides is 9. The Balaban J connectivity index is 3.14. The fourth-order valence-corrected chi connectivity index (χ4v) is 1.92. The minimum atomic E-state index is -7.03. The van der Waals surface area contributed by atoms with Crippen molar-refractivity contribution in [3.63, 3.8) is 0 Å². The molecule has 25 heavy (non-hydrogen) atoms. The van der Waals surface area contributed by atoms with Crippen LogP contribution in [0.3, 0.4) is 0 Å². The number of hydrogen-bond donors (Lipinski definition) is 1. The second-order valence-corrected chi connectivity index (χ2v) is 5.83. The lowest BCUT2D eigenvalue weighted by Crippen LogP contribution is -2.62. The van der Waals surface area contributed by atoms with Gasteiger partial charge in [-0.1, -0.05) is 0 Å². The summed E-state index contributed by atoms with van der Waals surface area (Å²) in [7, 11) is 0. The quantitative estimate of drug-likeness (QED) is 0.454. The number of hydrogen-bond acceptors (Lipinski definition) is 2. The molecule has 0 spiro atoms. The zero-order valence-electron chi connectivity index (χ0n) is 11.5. The van der Waals surface area contributed by atoms with Gasteiger partial charge in [0.05, 0.1) is 0 Å². The van der Waals surface area contributed by atoms with Gasteiger partial charge in [0.15, 0.2) is 6.61 Å². The summed E-state index contributed by atoms with van der Waals surface area (Å²) in [4.78, 5) is 10.9. The van der Waals surface area contributed by atoms with Gasteiger partial charge in [-0.15, -0.1) is 0 Å². The van der Waals surface area contributed by atoms with E-state index in [1.807, 2.05) is 0 Å². The molecule has 0 saturated heterocycles. The van der Waals surface area contributed by atoms with Crippen molar-refractivity contribution < 1.29 is 54.2 Å². The zero-order chi connectivity index (χ0) is 19.8. The highest BCUT2D eigenvalue weighted by Crippen LogP contribution is 2.53. The first-order valence-corrected chi connectivity index (χ1v) is 6.98. The summed E-state index contributed by atoms with van der Waals surface area (Å²) in [5.74, 6) is -22.4. The molecule has 1 aromatic rings. The van der Waals surface area contributed by atoms with Gasteiger partial charge in [-0.2, -0.15) is 39.5 Å². The molecule has 13 heteroatoms. The molecule has 0 radical (unpaired) electrons. The minimum absolute atomic E-state index is 0.202. The number of carboxylic acid groups (broad SMARTS) is 1. The van der Waals surface area contributed by atoms with Crippen LogP contribution in [0.25, 0.3) is 0 Å². The standard InChI is InChI=1S/C12H6F9IO3/c13-9(14,10(15,16)11(17,18)12(19,20)21)4-25-7-3-5(22)1-2-6(7)8(23)24/h1-3H,4H2,(H,23,24). The molecule has 3 nitrogen and oxygen atoms in total. The fraction of sp³-hybridized carbons (Fsp3) is 0.417. The SMILES string of the molecule is O=C(O)c1ccc(I)cc1OCC(F)(F)C(F)(F)C(F)(F)C(F)(F)F. The average Bonchev–Trinajstić information content (AvgIpc) is 2.43. The molecule has 0 aliphatic carbocycles. The lowest BCUT2D eigenvalue weighted by atomic mass is 10.0. The van der Waals surface area contributed by atoms with E-state index < -0.39 is 47.8 Å². The Hall–Kier alpha value is -1.41. The van der Waals surface area contributed by atoms with Crippen LogP contribution in [-0.4, -0.2) is 41.6 Å². The Labute approximate surface area is 146 Å². The predicted octanol–water partition coefficient (Wildman–Crippen LogP) is 4.84. The molecule has 0 unspecified atom stereocenters. The first kappa shape index (κ1) is 21.6. The molecule has 1 rings (SSSR count).